The Bertz CT molecular complexity index is 763. The third kappa shape index (κ3) is 7.99. The Morgan fingerprint density at radius 1 is 1.07 bits per heavy atom. The van der Waals surface area contributed by atoms with Crippen molar-refractivity contribution in [2.75, 3.05) is 33.5 Å². The van der Waals surface area contributed by atoms with Gasteiger partial charge in [0.05, 0.1) is 19.8 Å². The van der Waals surface area contributed by atoms with Crippen molar-refractivity contribution >= 4 is 5.96 Å². The number of aryl methyl sites for hydroxylation is 1. The highest BCUT2D eigenvalue weighted by atomic mass is 16.5. The Morgan fingerprint density at radius 3 is 2.62 bits per heavy atom. The lowest BCUT2D eigenvalue weighted by atomic mass is 10.1. The van der Waals surface area contributed by atoms with E-state index in [4.69, 9.17) is 14.2 Å². The van der Waals surface area contributed by atoms with Crippen LogP contribution in [0.25, 0.3) is 0 Å². The van der Waals surface area contributed by atoms with E-state index >= 15 is 0 Å². The average Bonchev–Trinajstić information content (AvgIpc) is 2.72. The summed E-state index contributed by atoms with van der Waals surface area (Å²) in [6.45, 7) is 9.70. The first-order valence-corrected chi connectivity index (χ1v) is 9.97. The van der Waals surface area contributed by atoms with Crippen LogP contribution in [-0.2, 0) is 17.8 Å². The molecule has 2 N–H and O–H groups in total. The van der Waals surface area contributed by atoms with E-state index in [0.29, 0.717) is 38.8 Å². The summed E-state index contributed by atoms with van der Waals surface area (Å²) in [6, 6.07) is 10.1. The van der Waals surface area contributed by atoms with Gasteiger partial charge in [0.15, 0.2) is 5.96 Å². The van der Waals surface area contributed by atoms with Gasteiger partial charge in [-0.1, -0.05) is 18.2 Å². The smallest absolute Gasteiger partial charge is 0.213 e. The standard InChI is InChI=1S/C22H32N4O3/c1-5-23-22(26-16-19-9-7-17(3)13-20(19)28-6-2)25-15-18-8-10-21(24-14-18)29-12-11-27-4/h7-10,13-14H,5-6,11-12,15-16H2,1-4H3,(H2,23,25,26). The molecule has 0 spiro atoms. The van der Waals surface area contributed by atoms with E-state index < -0.39 is 0 Å². The minimum absolute atomic E-state index is 0.484. The number of methoxy groups -OCH3 is 1. The second-order valence-corrected chi connectivity index (χ2v) is 6.44. The summed E-state index contributed by atoms with van der Waals surface area (Å²) in [7, 11) is 1.64. The molecule has 29 heavy (non-hydrogen) atoms. The van der Waals surface area contributed by atoms with Gasteiger partial charge in [0.25, 0.3) is 0 Å². The highest BCUT2D eigenvalue weighted by Crippen LogP contribution is 2.20. The fourth-order valence-corrected chi connectivity index (χ4v) is 2.61. The van der Waals surface area contributed by atoms with Gasteiger partial charge in [0.2, 0.25) is 5.88 Å². The summed E-state index contributed by atoms with van der Waals surface area (Å²) >= 11 is 0. The van der Waals surface area contributed by atoms with Gasteiger partial charge in [-0.3, -0.25) is 0 Å². The fraction of sp³-hybridized carbons (Fsp3) is 0.455. The maximum absolute atomic E-state index is 5.76. The molecule has 0 fully saturated rings. The lowest BCUT2D eigenvalue weighted by molar-refractivity contribution is 0.143. The molecule has 1 aromatic carbocycles. The van der Waals surface area contributed by atoms with Gasteiger partial charge in [0, 0.05) is 38.0 Å². The van der Waals surface area contributed by atoms with Gasteiger partial charge in [0.1, 0.15) is 12.4 Å². The second kappa shape index (κ2) is 12.6. The highest BCUT2D eigenvalue weighted by molar-refractivity contribution is 5.79. The molecule has 1 aromatic heterocycles. The van der Waals surface area contributed by atoms with Crippen molar-refractivity contribution in [2.45, 2.75) is 33.9 Å². The van der Waals surface area contributed by atoms with Gasteiger partial charge < -0.3 is 24.8 Å². The third-order valence-corrected chi connectivity index (χ3v) is 4.07. The van der Waals surface area contributed by atoms with Crippen molar-refractivity contribution in [1.29, 1.82) is 0 Å². The zero-order valence-corrected chi connectivity index (χ0v) is 17.8. The molecule has 2 rings (SSSR count). The Hall–Kier alpha value is -2.80. The van der Waals surface area contributed by atoms with E-state index in [1.54, 1.807) is 13.3 Å². The Balaban J connectivity index is 1.96. The molecule has 158 valence electrons. The first-order valence-electron chi connectivity index (χ1n) is 9.97. The van der Waals surface area contributed by atoms with E-state index in [9.17, 15) is 0 Å². The zero-order chi connectivity index (χ0) is 20.9. The van der Waals surface area contributed by atoms with Crippen LogP contribution < -0.4 is 20.1 Å². The number of guanidine groups is 1. The predicted molar refractivity (Wildman–Crippen MR) is 116 cm³/mol. The van der Waals surface area contributed by atoms with Crippen LogP contribution in [-0.4, -0.2) is 44.4 Å². The van der Waals surface area contributed by atoms with Crippen LogP contribution in [0.1, 0.15) is 30.5 Å². The molecule has 7 nitrogen and oxygen atoms in total. The van der Waals surface area contributed by atoms with Crippen LogP contribution in [0.2, 0.25) is 0 Å². The number of rotatable bonds is 11. The van der Waals surface area contributed by atoms with Gasteiger partial charge in [-0.25, -0.2) is 9.98 Å². The molecule has 0 amide bonds. The van der Waals surface area contributed by atoms with Crippen molar-refractivity contribution in [3.05, 3.63) is 53.2 Å². The van der Waals surface area contributed by atoms with Crippen molar-refractivity contribution in [2.24, 2.45) is 4.99 Å². The molecule has 0 saturated heterocycles. The molecular formula is C22H32N4O3. The molecule has 0 saturated carbocycles. The predicted octanol–water partition coefficient (Wildman–Crippen LogP) is 3.07. The molecule has 7 heteroatoms. The largest absolute Gasteiger partial charge is 0.494 e. The van der Waals surface area contributed by atoms with Crippen molar-refractivity contribution < 1.29 is 14.2 Å². The first kappa shape index (κ1) is 22.5. The molecular weight excluding hydrogens is 368 g/mol. The van der Waals surface area contributed by atoms with Crippen molar-refractivity contribution in [1.82, 2.24) is 15.6 Å². The lowest BCUT2D eigenvalue weighted by Gasteiger charge is -2.15. The average molecular weight is 401 g/mol. The van der Waals surface area contributed by atoms with Crippen LogP contribution in [0.15, 0.2) is 41.5 Å². The summed E-state index contributed by atoms with van der Waals surface area (Å²) in [6.07, 6.45) is 1.78. The van der Waals surface area contributed by atoms with Crippen molar-refractivity contribution in [3.8, 4) is 11.6 Å². The van der Waals surface area contributed by atoms with Crippen molar-refractivity contribution in [3.63, 3.8) is 0 Å². The highest BCUT2D eigenvalue weighted by Gasteiger charge is 2.06. The van der Waals surface area contributed by atoms with E-state index in [-0.39, 0.29) is 0 Å². The van der Waals surface area contributed by atoms with E-state index in [2.05, 4.69) is 45.7 Å². The number of benzene rings is 1. The SMILES string of the molecule is CCNC(=NCc1ccc(OCCOC)nc1)NCc1ccc(C)cc1OCC. The van der Waals surface area contributed by atoms with E-state index in [0.717, 1.165) is 29.4 Å². The maximum Gasteiger partial charge on any atom is 0.213 e. The summed E-state index contributed by atoms with van der Waals surface area (Å²) in [5, 5.41) is 6.64. The lowest BCUT2D eigenvalue weighted by Crippen LogP contribution is -2.36. The van der Waals surface area contributed by atoms with Gasteiger partial charge in [-0.2, -0.15) is 0 Å². The molecule has 2 aromatic rings. The minimum atomic E-state index is 0.484. The molecule has 1 heterocycles. The number of aromatic nitrogens is 1. The molecule has 0 aliphatic carbocycles. The zero-order valence-electron chi connectivity index (χ0n) is 17.8. The number of hydrogen-bond acceptors (Lipinski definition) is 5. The molecule has 0 aliphatic rings. The van der Waals surface area contributed by atoms with Gasteiger partial charge >= 0.3 is 0 Å². The number of nitrogens with zero attached hydrogens (tertiary/aromatic N) is 2. The minimum Gasteiger partial charge on any atom is -0.494 e. The molecule has 0 atom stereocenters. The second-order valence-electron chi connectivity index (χ2n) is 6.44. The summed E-state index contributed by atoms with van der Waals surface area (Å²) in [4.78, 5) is 8.95. The number of aliphatic imine (C=N–C) groups is 1. The van der Waals surface area contributed by atoms with Crippen LogP contribution in [0.4, 0.5) is 0 Å². The summed E-state index contributed by atoms with van der Waals surface area (Å²) < 4.78 is 16.2. The topological polar surface area (TPSA) is 77.0 Å². The number of hydrogen-bond donors (Lipinski definition) is 2. The summed E-state index contributed by atoms with van der Waals surface area (Å²) in [5.41, 5.74) is 3.29. The monoisotopic (exact) mass is 400 g/mol. The maximum atomic E-state index is 5.76. The van der Waals surface area contributed by atoms with Crippen LogP contribution >= 0.6 is 0 Å². The van der Waals surface area contributed by atoms with Crippen LogP contribution in [0, 0.1) is 6.92 Å². The number of pyridine rings is 1. The van der Waals surface area contributed by atoms with Gasteiger partial charge in [-0.15, -0.1) is 0 Å². The molecule has 0 unspecified atom stereocenters. The number of nitrogens with one attached hydrogen (secondary N) is 2. The quantitative estimate of drug-likeness (QED) is 0.343. The van der Waals surface area contributed by atoms with Crippen LogP contribution in [0.3, 0.4) is 0 Å². The number of ether oxygens (including phenoxy) is 3. The van der Waals surface area contributed by atoms with E-state index in [1.165, 1.54) is 5.56 Å². The normalized spacial score (nSPS) is 11.2. The molecule has 0 bridgehead atoms. The van der Waals surface area contributed by atoms with Gasteiger partial charge in [-0.05, 0) is 38.0 Å². The molecule has 0 radical (unpaired) electrons. The van der Waals surface area contributed by atoms with E-state index in [1.807, 2.05) is 26.0 Å². The Kier molecular flexibility index (Phi) is 9.78. The summed E-state index contributed by atoms with van der Waals surface area (Å²) in [5.74, 6) is 2.24. The van der Waals surface area contributed by atoms with Crippen LogP contribution in [0.5, 0.6) is 11.6 Å². The third-order valence-electron chi connectivity index (χ3n) is 4.07. The first-order chi connectivity index (χ1) is 14.2. The Labute approximate surface area is 173 Å². The Morgan fingerprint density at radius 2 is 1.93 bits per heavy atom. The fourth-order valence-electron chi connectivity index (χ4n) is 2.61. The molecule has 0 aliphatic heterocycles.